The number of carbonyl (C=O) groups excluding carboxylic acids is 1. The Labute approximate surface area is 111 Å². The van der Waals surface area contributed by atoms with E-state index >= 15 is 0 Å². The van der Waals surface area contributed by atoms with E-state index in [0.717, 1.165) is 45.7 Å². The summed E-state index contributed by atoms with van der Waals surface area (Å²) in [6.07, 6.45) is 6.03. The van der Waals surface area contributed by atoms with Gasteiger partial charge in [-0.3, -0.25) is 9.69 Å². The first kappa shape index (κ1) is 13.8. The molecule has 2 heterocycles. The predicted molar refractivity (Wildman–Crippen MR) is 73.6 cm³/mol. The molecule has 2 saturated heterocycles. The molecule has 1 N–H and O–H groups in total. The summed E-state index contributed by atoms with van der Waals surface area (Å²) in [4.78, 5) is 17.0. The van der Waals surface area contributed by atoms with Crippen molar-refractivity contribution in [2.75, 3.05) is 39.3 Å². The van der Waals surface area contributed by atoms with E-state index < -0.39 is 0 Å². The van der Waals surface area contributed by atoms with E-state index in [9.17, 15) is 4.79 Å². The van der Waals surface area contributed by atoms with E-state index in [1.165, 1.54) is 25.7 Å². The highest BCUT2D eigenvalue weighted by Gasteiger charge is 2.33. The summed E-state index contributed by atoms with van der Waals surface area (Å²) >= 11 is 0. The van der Waals surface area contributed by atoms with Crippen LogP contribution in [-0.2, 0) is 4.79 Å². The fraction of sp³-hybridized carbons (Fsp3) is 0.929. The second kappa shape index (κ2) is 7.10. The molecule has 0 spiro atoms. The van der Waals surface area contributed by atoms with Gasteiger partial charge in [0.1, 0.15) is 0 Å². The van der Waals surface area contributed by atoms with E-state index in [-0.39, 0.29) is 6.04 Å². The van der Waals surface area contributed by atoms with Gasteiger partial charge in [-0.15, -0.1) is 0 Å². The number of hydrogen-bond acceptors (Lipinski definition) is 3. The van der Waals surface area contributed by atoms with Gasteiger partial charge in [-0.05, 0) is 32.4 Å². The van der Waals surface area contributed by atoms with Crippen LogP contribution in [0, 0.1) is 0 Å². The van der Waals surface area contributed by atoms with E-state index in [2.05, 4.69) is 22.0 Å². The number of amides is 1. The number of piperazine rings is 1. The Morgan fingerprint density at radius 1 is 1.22 bits per heavy atom. The summed E-state index contributed by atoms with van der Waals surface area (Å²) in [5.74, 6) is 0.380. The molecule has 2 fully saturated rings. The van der Waals surface area contributed by atoms with Crippen molar-refractivity contribution in [3.63, 3.8) is 0 Å². The number of rotatable bonds is 5. The lowest BCUT2D eigenvalue weighted by Crippen LogP contribution is -2.52. The van der Waals surface area contributed by atoms with Gasteiger partial charge in [-0.2, -0.15) is 0 Å². The van der Waals surface area contributed by atoms with Crippen LogP contribution in [0.5, 0.6) is 0 Å². The van der Waals surface area contributed by atoms with Crippen molar-refractivity contribution in [1.29, 1.82) is 0 Å². The smallest absolute Gasteiger partial charge is 0.240 e. The first-order chi connectivity index (χ1) is 8.83. The van der Waals surface area contributed by atoms with Gasteiger partial charge in [0.15, 0.2) is 0 Å². The maximum Gasteiger partial charge on any atom is 0.240 e. The molecule has 2 aliphatic rings. The molecule has 1 unspecified atom stereocenters. The maximum atomic E-state index is 12.5. The van der Waals surface area contributed by atoms with Crippen molar-refractivity contribution in [1.82, 2.24) is 15.1 Å². The van der Waals surface area contributed by atoms with Gasteiger partial charge in [-0.25, -0.2) is 0 Å². The van der Waals surface area contributed by atoms with Gasteiger partial charge in [0.2, 0.25) is 5.91 Å². The minimum absolute atomic E-state index is 0.181. The molecule has 18 heavy (non-hydrogen) atoms. The predicted octanol–water partition coefficient (Wildman–Crippen LogP) is 1.07. The van der Waals surface area contributed by atoms with Crippen LogP contribution in [-0.4, -0.2) is 61.0 Å². The third kappa shape index (κ3) is 3.45. The van der Waals surface area contributed by atoms with E-state index in [1.807, 2.05) is 0 Å². The SMILES string of the molecule is CCCCCN1CCCC1C(=O)N1CCNCC1. The largest absolute Gasteiger partial charge is 0.339 e. The van der Waals surface area contributed by atoms with Crippen molar-refractivity contribution in [3.05, 3.63) is 0 Å². The normalized spacial score (nSPS) is 25.6. The van der Waals surface area contributed by atoms with Gasteiger partial charge >= 0.3 is 0 Å². The Kier molecular flexibility index (Phi) is 5.45. The molecule has 4 heteroatoms. The van der Waals surface area contributed by atoms with Crippen molar-refractivity contribution >= 4 is 5.91 Å². The van der Waals surface area contributed by atoms with Crippen LogP contribution >= 0.6 is 0 Å². The minimum Gasteiger partial charge on any atom is -0.339 e. The highest BCUT2D eigenvalue weighted by molar-refractivity contribution is 5.82. The summed E-state index contributed by atoms with van der Waals surface area (Å²) in [6, 6.07) is 0.181. The van der Waals surface area contributed by atoms with Crippen molar-refractivity contribution in [2.24, 2.45) is 0 Å². The number of likely N-dealkylation sites (tertiary alicyclic amines) is 1. The Hall–Kier alpha value is -0.610. The zero-order valence-corrected chi connectivity index (χ0v) is 11.7. The van der Waals surface area contributed by atoms with Crippen LogP contribution in [0.4, 0.5) is 0 Å². The highest BCUT2D eigenvalue weighted by Crippen LogP contribution is 2.20. The van der Waals surface area contributed by atoms with Crippen LogP contribution in [0.1, 0.15) is 39.0 Å². The van der Waals surface area contributed by atoms with E-state index in [0.29, 0.717) is 5.91 Å². The monoisotopic (exact) mass is 253 g/mol. The lowest BCUT2D eigenvalue weighted by atomic mass is 10.1. The van der Waals surface area contributed by atoms with Crippen LogP contribution in [0.3, 0.4) is 0 Å². The molecule has 1 atom stereocenters. The van der Waals surface area contributed by atoms with Gasteiger partial charge in [0.25, 0.3) is 0 Å². The second-order valence-electron chi connectivity index (χ2n) is 5.48. The molecule has 0 aromatic carbocycles. The lowest BCUT2D eigenvalue weighted by Gasteiger charge is -2.33. The summed E-state index contributed by atoms with van der Waals surface area (Å²) < 4.78 is 0. The number of nitrogens with one attached hydrogen (secondary N) is 1. The topological polar surface area (TPSA) is 35.6 Å². The zero-order valence-electron chi connectivity index (χ0n) is 11.7. The summed E-state index contributed by atoms with van der Waals surface area (Å²) in [7, 11) is 0. The number of nitrogens with zero attached hydrogens (tertiary/aromatic N) is 2. The third-order valence-electron chi connectivity index (χ3n) is 4.13. The molecule has 0 saturated carbocycles. The molecule has 0 bridgehead atoms. The quantitative estimate of drug-likeness (QED) is 0.745. The van der Waals surface area contributed by atoms with E-state index in [1.54, 1.807) is 0 Å². The number of unbranched alkanes of at least 4 members (excludes halogenated alkanes) is 2. The summed E-state index contributed by atoms with van der Waals surface area (Å²) in [5, 5.41) is 3.31. The fourth-order valence-corrected chi connectivity index (χ4v) is 3.03. The van der Waals surface area contributed by atoms with Gasteiger partial charge in [0, 0.05) is 26.2 Å². The molecule has 104 valence electrons. The molecule has 4 nitrogen and oxygen atoms in total. The van der Waals surface area contributed by atoms with Crippen molar-refractivity contribution in [2.45, 2.75) is 45.1 Å². The first-order valence-corrected chi connectivity index (χ1v) is 7.56. The molecule has 0 radical (unpaired) electrons. The van der Waals surface area contributed by atoms with Crippen LogP contribution in [0.25, 0.3) is 0 Å². The maximum absolute atomic E-state index is 12.5. The highest BCUT2D eigenvalue weighted by atomic mass is 16.2. The van der Waals surface area contributed by atoms with Crippen LogP contribution in [0.15, 0.2) is 0 Å². The van der Waals surface area contributed by atoms with Crippen molar-refractivity contribution < 1.29 is 4.79 Å². The van der Waals surface area contributed by atoms with E-state index in [4.69, 9.17) is 0 Å². The summed E-state index contributed by atoms with van der Waals surface area (Å²) in [5.41, 5.74) is 0. The van der Waals surface area contributed by atoms with Crippen molar-refractivity contribution in [3.8, 4) is 0 Å². The molecule has 0 aliphatic carbocycles. The Morgan fingerprint density at radius 3 is 2.72 bits per heavy atom. The van der Waals surface area contributed by atoms with Gasteiger partial charge in [0.05, 0.1) is 6.04 Å². The average Bonchev–Trinajstić information content (AvgIpc) is 2.88. The average molecular weight is 253 g/mol. The molecule has 2 aliphatic heterocycles. The molecule has 0 aromatic heterocycles. The lowest BCUT2D eigenvalue weighted by molar-refractivity contribution is -0.136. The van der Waals surface area contributed by atoms with Crippen LogP contribution in [0.2, 0.25) is 0 Å². The molecule has 2 rings (SSSR count). The zero-order chi connectivity index (χ0) is 12.8. The Bertz CT molecular complexity index is 264. The molecule has 1 amide bonds. The number of hydrogen-bond donors (Lipinski definition) is 1. The molecule has 0 aromatic rings. The standard InChI is InChI=1S/C14H27N3O/c1-2-3-4-9-16-10-5-6-13(16)14(18)17-11-7-15-8-12-17/h13,15H,2-12H2,1H3. The fourth-order valence-electron chi connectivity index (χ4n) is 3.03. The Balaban J connectivity index is 1.83. The number of carbonyl (C=O) groups is 1. The molecular formula is C14H27N3O. The van der Waals surface area contributed by atoms with Gasteiger partial charge < -0.3 is 10.2 Å². The first-order valence-electron chi connectivity index (χ1n) is 7.56. The van der Waals surface area contributed by atoms with Gasteiger partial charge in [-0.1, -0.05) is 19.8 Å². The summed E-state index contributed by atoms with van der Waals surface area (Å²) in [6.45, 7) is 8.13. The minimum atomic E-state index is 0.181. The second-order valence-corrected chi connectivity index (χ2v) is 5.48. The molecular weight excluding hydrogens is 226 g/mol. The Morgan fingerprint density at radius 2 is 2.00 bits per heavy atom. The van der Waals surface area contributed by atoms with Crippen LogP contribution < -0.4 is 5.32 Å². The third-order valence-corrected chi connectivity index (χ3v) is 4.13.